The topological polar surface area (TPSA) is 65.5 Å². The van der Waals surface area contributed by atoms with Gasteiger partial charge < -0.3 is 10.4 Å². The number of alkyl halides is 3. The predicted octanol–water partition coefficient (Wildman–Crippen LogP) is 4.44. The molecule has 0 amide bonds. The number of carbonyl (C=O) groups is 1. The average molecular weight is 465 g/mol. The zero-order valence-electron chi connectivity index (χ0n) is 18.4. The van der Waals surface area contributed by atoms with Crippen molar-refractivity contribution in [3.05, 3.63) is 52.6 Å². The number of pyridine rings is 1. The molecule has 1 fully saturated rings. The van der Waals surface area contributed by atoms with Gasteiger partial charge in [-0.1, -0.05) is 19.1 Å². The highest BCUT2D eigenvalue weighted by molar-refractivity contribution is 5.91. The molecular weight excluding hydrogens is 438 g/mol. The first-order chi connectivity index (χ1) is 15.7. The second kappa shape index (κ2) is 9.38. The molecule has 33 heavy (non-hydrogen) atoms. The second-order valence-electron chi connectivity index (χ2n) is 8.83. The van der Waals surface area contributed by atoms with Crippen molar-refractivity contribution in [3.8, 4) is 11.1 Å². The number of rotatable bonds is 5. The fraction of sp³-hybridized carbons (Fsp3) is 0.500. The maximum atomic E-state index is 13.5. The first-order valence-electron chi connectivity index (χ1n) is 11.2. The summed E-state index contributed by atoms with van der Waals surface area (Å²) in [7, 11) is 0. The summed E-state index contributed by atoms with van der Waals surface area (Å²) in [6, 6.07) is 4.52. The molecule has 2 aliphatic rings. The molecule has 178 valence electrons. The van der Waals surface area contributed by atoms with E-state index in [2.05, 4.69) is 15.2 Å². The van der Waals surface area contributed by atoms with Crippen LogP contribution >= 0.6 is 0 Å². The summed E-state index contributed by atoms with van der Waals surface area (Å²) in [5, 5.41) is 12.4. The molecule has 1 aromatic carbocycles. The minimum absolute atomic E-state index is 0.0172. The van der Waals surface area contributed by atoms with E-state index in [1.54, 1.807) is 12.1 Å². The van der Waals surface area contributed by atoms with Gasteiger partial charge in [-0.3, -0.25) is 4.90 Å². The Morgan fingerprint density at radius 1 is 1.27 bits per heavy atom. The first-order valence-corrected chi connectivity index (χ1v) is 11.2. The molecule has 2 atom stereocenters. The molecule has 3 heterocycles. The summed E-state index contributed by atoms with van der Waals surface area (Å²) in [6.07, 6.45) is -2.48. The number of aromatic carboxylic acids is 1. The van der Waals surface area contributed by atoms with Crippen LogP contribution in [0.1, 0.15) is 47.1 Å². The summed E-state index contributed by atoms with van der Waals surface area (Å²) in [6.45, 7) is 3.74. The number of halogens is 4. The van der Waals surface area contributed by atoms with Gasteiger partial charge >= 0.3 is 12.1 Å². The molecule has 0 bridgehead atoms. The van der Waals surface area contributed by atoms with Gasteiger partial charge in [-0.2, -0.15) is 13.2 Å². The van der Waals surface area contributed by atoms with Gasteiger partial charge in [-0.05, 0) is 72.5 Å². The lowest BCUT2D eigenvalue weighted by atomic mass is 9.87. The van der Waals surface area contributed by atoms with Gasteiger partial charge in [0.25, 0.3) is 0 Å². The minimum Gasteiger partial charge on any atom is -0.477 e. The number of hydrogen-bond acceptors (Lipinski definition) is 4. The number of carboxylic acids is 1. The van der Waals surface area contributed by atoms with E-state index in [0.29, 0.717) is 56.7 Å². The summed E-state index contributed by atoms with van der Waals surface area (Å²) < 4.78 is 53.0. The third kappa shape index (κ3) is 5.04. The SMILES string of the molecule is CCc1c(C(=O)O)nc2c(c1-c1ccc(F)cc1)CCN(CC1CCNC(C(F)(F)F)C1)C2. The Hall–Kier alpha value is -2.52. The van der Waals surface area contributed by atoms with E-state index in [4.69, 9.17) is 0 Å². The van der Waals surface area contributed by atoms with Gasteiger partial charge in [0.1, 0.15) is 11.9 Å². The molecule has 9 heteroatoms. The van der Waals surface area contributed by atoms with E-state index in [1.165, 1.54) is 12.1 Å². The molecular formula is C24H27F4N3O2. The van der Waals surface area contributed by atoms with Crippen LogP contribution in [0.15, 0.2) is 24.3 Å². The predicted molar refractivity (Wildman–Crippen MR) is 116 cm³/mol. The van der Waals surface area contributed by atoms with Crippen molar-refractivity contribution in [1.82, 2.24) is 15.2 Å². The van der Waals surface area contributed by atoms with Gasteiger partial charge in [0.05, 0.1) is 5.69 Å². The van der Waals surface area contributed by atoms with Gasteiger partial charge in [-0.25, -0.2) is 14.2 Å². The molecule has 1 saturated heterocycles. The quantitative estimate of drug-likeness (QED) is 0.640. The van der Waals surface area contributed by atoms with Crippen LogP contribution in [0, 0.1) is 11.7 Å². The lowest BCUT2D eigenvalue weighted by Gasteiger charge is -2.37. The fourth-order valence-electron chi connectivity index (χ4n) is 5.09. The number of benzene rings is 1. The van der Waals surface area contributed by atoms with Crippen molar-refractivity contribution in [2.24, 2.45) is 5.92 Å². The van der Waals surface area contributed by atoms with E-state index < -0.39 is 18.2 Å². The van der Waals surface area contributed by atoms with Crippen molar-refractivity contribution in [3.63, 3.8) is 0 Å². The number of nitrogens with zero attached hydrogens (tertiary/aromatic N) is 2. The zero-order chi connectivity index (χ0) is 23.8. The van der Waals surface area contributed by atoms with E-state index in [0.717, 1.165) is 16.7 Å². The number of aromatic nitrogens is 1. The Morgan fingerprint density at radius 2 is 2.00 bits per heavy atom. The average Bonchev–Trinajstić information content (AvgIpc) is 2.78. The molecule has 0 spiro atoms. The maximum Gasteiger partial charge on any atom is 0.403 e. The standard InChI is InChI=1S/C24H27F4N3O2/c1-2-17-21(15-3-5-16(25)6-4-15)18-8-10-31(13-19(18)30-22(17)23(32)33)12-14-7-9-29-20(11-14)24(26,27)28/h3-6,14,20,29H,2,7-13H2,1H3,(H,32,33). The van der Waals surface area contributed by atoms with E-state index >= 15 is 0 Å². The molecule has 4 rings (SSSR count). The van der Waals surface area contributed by atoms with Crippen LogP contribution in [0.25, 0.3) is 11.1 Å². The van der Waals surface area contributed by atoms with Gasteiger partial charge in [-0.15, -0.1) is 0 Å². The highest BCUT2D eigenvalue weighted by atomic mass is 19.4. The minimum atomic E-state index is -4.26. The number of hydrogen-bond donors (Lipinski definition) is 2. The smallest absolute Gasteiger partial charge is 0.403 e. The molecule has 2 N–H and O–H groups in total. The lowest BCUT2D eigenvalue weighted by Crippen LogP contribution is -2.49. The number of piperidine rings is 1. The van der Waals surface area contributed by atoms with Crippen molar-refractivity contribution in [2.45, 2.75) is 51.4 Å². The Balaban J connectivity index is 1.63. The monoisotopic (exact) mass is 465 g/mol. The van der Waals surface area contributed by atoms with Crippen molar-refractivity contribution >= 4 is 5.97 Å². The number of fused-ring (bicyclic) bond motifs is 1. The zero-order valence-corrected chi connectivity index (χ0v) is 18.4. The van der Waals surface area contributed by atoms with Crippen LogP contribution in [-0.4, -0.2) is 52.8 Å². The summed E-state index contributed by atoms with van der Waals surface area (Å²) >= 11 is 0. The summed E-state index contributed by atoms with van der Waals surface area (Å²) in [5.74, 6) is -1.59. The molecule has 2 aromatic rings. The normalized spacial score (nSPS) is 21.6. The largest absolute Gasteiger partial charge is 0.477 e. The Bertz CT molecular complexity index is 1020. The molecule has 0 radical (unpaired) electrons. The number of carboxylic acid groups (broad SMARTS) is 1. The van der Waals surface area contributed by atoms with Gasteiger partial charge in [0, 0.05) is 19.6 Å². The van der Waals surface area contributed by atoms with Gasteiger partial charge in [0.15, 0.2) is 5.69 Å². The van der Waals surface area contributed by atoms with Crippen molar-refractivity contribution in [1.29, 1.82) is 0 Å². The van der Waals surface area contributed by atoms with Crippen LogP contribution in [0.2, 0.25) is 0 Å². The molecule has 0 saturated carbocycles. The van der Waals surface area contributed by atoms with Crippen LogP contribution in [0.3, 0.4) is 0 Å². The van der Waals surface area contributed by atoms with Crippen molar-refractivity contribution < 1.29 is 27.5 Å². The third-order valence-electron chi connectivity index (χ3n) is 6.65. The number of nitrogens with one attached hydrogen (secondary N) is 1. The molecule has 0 aliphatic carbocycles. The van der Waals surface area contributed by atoms with Crippen LogP contribution in [-0.2, 0) is 19.4 Å². The van der Waals surface area contributed by atoms with Crippen LogP contribution in [0.4, 0.5) is 17.6 Å². The highest BCUT2D eigenvalue weighted by Gasteiger charge is 2.42. The molecule has 2 aliphatic heterocycles. The Kier molecular flexibility index (Phi) is 6.72. The van der Waals surface area contributed by atoms with Crippen LogP contribution in [0.5, 0.6) is 0 Å². The lowest BCUT2D eigenvalue weighted by molar-refractivity contribution is -0.164. The molecule has 5 nitrogen and oxygen atoms in total. The molecule has 2 unspecified atom stereocenters. The van der Waals surface area contributed by atoms with Gasteiger partial charge in [0.2, 0.25) is 0 Å². The maximum absolute atomic E-state index is 13.5. The Labute approximate surface area is 189 Å². The third-order valence-corrected chi connectivity index (χ3v) is 6.65. The fourth-order valence-corrected chi connectivity index (χ4v) is 5.09. The first kappa shape index (κ1) is 23.6. The second-order valence-corrected chi connectivity index (χ2v) is 8.83. The summed E-state index contributed by atoms with van der Waals surface area (Å²) in [5.41, 5.74) is 3.71. The van der Waals surface area contributed by atoms with E-state index in [-0.39, 0.29) is 23.8 Å². The van der Waals surface area contributed by atoms with Crippen molar-refractivity contribution in [2.75, 3.05) is 19.6 Å². The van der Waals surface area contributed by atoms with E-state index in [1.807, 2.05) is 6.92 Å². The Morgan fingerprint density at radius 3 is 2.64 bits per heavy atom. The highest BCUT2D eigenvalue weighted by Crippen LogP contribution is 2.36. The molecule has 1 aromatic heterocycles. The summed E-state index contributed by atoms with van der Waals surface area (Å²) in [4.78, 5) is 18.5. The van der Waals surface area contributed by atoms with E-state index in [9.17, 15) is 27.5 Å². The van der Waals surface area contributed by atoms with Crippen LogP contribution < -0.4 is 5.32 Å².